The minimum Gasteiger partial charge on any atom is -0.490 e. The number of aromatic nitrogens is 2. The molecule has 2 rings (SSSR count). The van der Waals surface area contributed by atoms with Gasteiger partial charge in [0.1, 0.15) is 6.33 Å². The molecular weight excluding hydrogens is 234 g/mol. The Labute approximate surface area is 106 Å². The Hall–Kier alpha value is -1.60. The Morgan fingerprint density at radius 2 is 2.33 bits per heavy atom. The van der Waals surface area contributed by atoms with Gasteiger partial charge in [0, 0.05) is 13.1 Å². The number of methoxy groups -OCH3 is 1. The molecule has 100 valence electrons. The normalized spacial score (nSPS) is 23.9. The number of aliphatic hydroxyl groups is 1. The standard InChI is InChI=1S/C11H19N5O2/c1-7-5-16(4-3-8(7)17)11-9(18-2)10(15-12)13-6-14-11/h6-8,17H,3-5,12H2,1-2H3,(H,13,14,15). The first-order valence-electron chi connectivity index (χ1n) is 5.96. The maximum Gasteiger partial charge on any atom is 0.205 e. The van der Waals surface area contributed by atoms with Gasteiger partial charge in [0.25, 0.3) is 0 Å². The number of nitrogen functional groups attached to an aromatic ring is 1. The summed E-state index contributed by atoms with van der Waals surface area (Å²) in [4.78, 5) is 10.3. The highest BCUT2D eigenvalue weighted by Crippen LogP contribution is 2.33. The van der Waals surface area contributed by atoms with Crippen molar-refractivity contribution in [2.75, 3.05) is 30.5 Å². The number of hydrogen-bond acceptors (Lipinski definition) is 7. The Kier molecular flexibility index (Phi) is 3.83. The van der Waals surface area contributed by atoms with E-state index in [1.807, 2.05) is 6.92 Å². The smallest absolute Gasteiger partial charge is 0.205 e. The van der Waals surface area contributed by atoms with Gasteiger partial charge < -0.3 is 20.2 Å². The molecule has 0 radical (unpaired) electrons. The van der Waals surface area contributed by atoms with Crippen molar-refractivity contribution in [3.8, 4) is 5.75 Å². The monoisotopic (exact) mass is 253 g/mol. The van der Waals surface area contributed by atoms with Gasteiger partial charge in [-0.05, 0) is 12.3 Å². The fourth-order valence-electron chi connectivity index (χ4n) is 2.21. The number of hydrazine groups is 1. The zero-order valence-electron chi connectivity index (χ0n) is 10.6. The predicted octanol–water partition coefficient (Wildman–Crippen LogP) is -0.0221. The molecule has 0 amide bonds. The molecule has 0 bridgehead atoms. The van der Waals surface area contributed by atoms with Gasteiger partial charge in [0.15, 0.2) is 11.6 Å². The van der Waals surface area contributed by atoms with Crippen molar-refractivity contribution in [1.82, 2.24) is 9.97 Å². The first kappa shape index (κ1) is 12.8. The van der Waals surface area contributed by atoms with Gasteiger partial charge in [-0.1, -0.05) is 6.92 Å². The minimum atomic E-state index is -0.249. The molecule has 1 aromatic rings. The van der Waals surface area contributed by atoms with Crippen molar-refractivity contribution in [2.24, 2.45) is 11.8 Å². The first-order chi connectivity index (χ1) is 8.67. The molecule has 2 heterocycles. The molecule has 1 aliphatic rings. The Morgan fingerprint density at radius 3 is 2.94 bits per heavy atom. The van der Waals surface area contributed by atoms with Crippen LogP contribution in [0.2, 0.25) is 0 Å². The van der Waals surface area contributed by atoms with Crippen LogP contribution < -0.4 is 20.9 Å². The van der Waals surface area contributed by atoms with Crippen LogP contribution in [0.4, 0.5) is 11.6 Å². The molecule has 7 nitrogen and oxygen atoms in total. The summed E-state index contributed by atoms with van der Waals surface area (Å²) in [5, 5.41) is 9.75. The Morgan fingerprint density at radius 1 is 1.56 bits per heavy atom. The van der Waals surface area contributed by atoms with Crippen molar-refractivity contribution in [2.45, 2.75) is 19.4 Å². The van der Waals surface area contributed by atoms with Crippen LogP contribution >= 0.6 is 0 Å². The second-order valence-electron chi connectivity index (χ2n) is 4.50. The van der Waals surface area contributed by atoms with Crippen molar-refractivity contribution >= 4 is 11.6 Å². The number of ether oxygens (including phenoxy) is 1. The van der Waals surface area contributed by atoms with Crippen molar-refractivity contribution in [3.63, 3.8) is 0 Å². The zero-order chi connectivity index (χ0) is 13.1. The van der Waals surface area contributed by atoms with Gasteiger partial charge in [-0.15, -0.1) is 0 Å². The van der Waals surface area contributed by atoms with E-state index in [1.165, 1.54) is 6.33 Å². The van der Waals surface area contributed by atoms with E-state index in [9.17, 15) is 5.11 Å². The number of rotatable bonds is 3. The van der Waals surface area contributed by atoms with E-state index in [0.717, 1.165) is 19.5 Å². The molecule has 7 heteroatoms. The summed E-state index contributed by atoms with van der Waals surface area (Å²) in [7, 11) is 1.56. The van der Waals surface area contributed by atoms with E-state index in [-0.39, 0.29) is 12.0 Å². The quantitative estimate of drug-likeness (QED) is 0.514. The number of piperidine rings is 1. The summed E-state index contributed by atoms with van der Waals surface area (Å²) >= 11 is 0. The van der Waals surface area contributed by atoms with E-state index < -0.39 is 0 Å². The average Bonchev–Trinajstić information content (AvgIpc) is 2.40. The third kappa shape index (κ3) is 2.32. The lowest BCUT2D eigenvalue weighted by molar-refractivity contribution is 0.0967. The van der Waals surface area contributed by atoms with Crippen molar-refractivity contribution < 1.29 is 9.84 Å². The number of nitrogens with one attached hydrogen (secondary N) is 1. The largest absolute Gasteiger partial charge is 0.490 e. The summed E-state index contributed by atoms with van der Waals surface area (Å²) in [5.41, 5.74) is 2.49. The molecule has 1 aliphatic heterocycles. The maximum absolute atomic E-state index is 9.75. The SMILES string of the molecule is COc1c(NN)ncnc1N1CCC(O)C(C)C1. The number of anilines is 2. The van der Waals surface area contributed by atoms with E-state index in [4.69, 9.17) is 10.6 Å². The van der Waals surface area contributed by atoms with Gasteiger partial charge in [0.05, 0.1) is 13.2 Å². The molecule has 1 aromatic heterocycles. The molecule has 0 saturated carbocycles. The van der Waals surface area contributed by atoms with E-state index >= 15 is 0 Å². The first-order valence-corrected chi connectivity index (χ1v) is 5.96. The minimum absolute atomic E-state index is 0.202. The van der Waals surface area contributed by atoms with Gasteiger partial charge >= 0.3 is 0 Å². The molecule has 2 unspecified atom stereocenters. The van der Waals surface area contributed by atoms with Crippen LogP contribution in [0, 0.1) is 5.92 Å². The molecule has 4 N–H and O–H groups in total. The van der Waals surface area contributed by atoms with Crippen LogP contribution in [0.1, 0.15) is 13.3 Å². The van der Waals surface area contributed by atoms with Crippen LogP contribution in [0.25, 0.3) is 0 Å². The number of aliphatic hydroxyl groups excluding tert-OH is 1. The lowest BCUT2D eigenvalue weighted by atomic mass is 9.97. The van der Waals surface area contributed by atoms with Gasteiger partial charge in [-0.25, -0.2) is 15.8 Å². The van der Waals surface area contributed by atoms with Gasteiger partial charge in [-0.3, -0.25) is 0 Å². The molecule has 0 aromatic carbocycles. The number of nitrogens with zero attached hydrogens (tertiary/aromatic N) is 3. The summed E-state index contributed by atoms with van der Waals surface area (Å²) < 4.78 is 5.31. The van der Waals surface area contributed by atoms with Crippen LogP contribution in [0.15, 0.2) is 6.33 Å². The van der Waals surface area contributed by atoms with E-state index in [0.29, 0.717) is 17.4 Å². The van der Waals surface area contributed by atoms with Gasteiger partial charge in [0.2, 0.25) is 5.75 Å². The van der Waals surface area contributed by atoms with Gasteiger partial charge in [-0.2, -0.15) is 0 Å². The highest BCUT2D eigenvalue weighted by molar-refractivity contribution is 5.64. The number of hydrogen-bond donors (Lipinski definition) is 3. The summed E-state index contributed by atoms with van der Waals surface area (Å²) in [6.45, 7) is 3.49. The molecular formula is C11H19N5O2. The van der Waals surface area contributed by atoms with Crippen LogP contribution in [-0.2, 0) is 0 Å². The maximum atomic E-state index is 9.75. The lowest BCUT2D eigenvalue weighted by Gasteiger charge is -2.35. The van der Waals surface area contributed by atoms with E-state index in [2.05, 4.69) is 20.3 Å². The van der Waals surface area contributed by atoms with E-state index in [1.54, 1.807) is 7.11 Å². The molecule has 1 fully saturated rings. The Balaban J connectivity index is 2.28. The molecule has 18 heavy (non-hydrogen) atoms. The topological polar surface area (TPSA) is 96.5 Å². The lowest BCUT2D eigenvalue weighted by Crippen LogP contribution is -2.42. The highest BCUT2D eigenvalue weighted by Gasteiger charge is 2.27. The second-order valence-corrected chi connectivity index (χ2v) is 4.50. The number of nitrogens with two attached hydrogens (primary N) is 1. The molecule has 2 atom stereocenters. The van der Waals surface area contributed by atoms with Crippen LogP contribution in [0.5, 0.6) is 5.75 Å². The van der Waals surface area contributed by atoms with Crippen molar-refractivity contribution in [3.05, 3.63) is 6.33 Å². The molecule has 0 aliphatic carbocycles. The molecule has 1 saturated heterocycles. The van der Waals surface area contributed by atoms with Crippen LogP contribution in [-0.4, -0.2) is 41.4 Å². The Bertz CT molecular complexity index is 414. The fraction of sp³-hybridized carbons (Fsp3) is 0.636. The second kappa shape index (κ2) is 5.36. The van der Waals surface area contributed by atoms with Crippen LogP contribution in [0.3, 0.4) is 0 Å². The fourth-order valence-corrected chi connectivity index (χ4v) is 2.21. The zero-order valence-corrected chi connectivity index (χ0v) is 10.6. The summed E-state index contributed by atoms with van der Waals surface area (Å²) in [5.74, 6) is 7.29. The average molecular weight is 253 g/mol. The summed E-state index contributed by atoms with van der Waals surface area (Å²) in [6.07, 6.45) is 1.92. The molecule has 0 spiro atoms. The highest BCUT2D eigenvalue weighted by atomic mass is 16.5. The van der Waals surface area contributed by atoms with Crippen molar-refractivity contribution in [1.29, 1.82) is 0 Å². The third-order valence-electron chi connectivity index (χ3n) is 3.29. The summed E-state index contributed by atoms with van der Waals surface area (Å²) in [6, 6.07) is 0. The predicted molar refractivity (Wildman–Crippen MR) is 68.4 cm³/mol. The third-order valence-corrected chi connectivity index (χ3v) is 3.29.